The van der Waals surface area contributed by atoms with Crippen LogP contribution in [0.25, 0.3) is 0 Å². The molecule has 5 nitrogen and oxygen atoms in total. The van der Waals surface area contributed by atoms with E-state index in [0.717, 1.165) is 5.56 Å². The maximum absolute atomic E-state index is 11.7. The molecule has 0 radical (unpaired) electrons. The molecule has 0 aliphatic rings. The van der Waals surface area contributed by atoms with E-state index in [1.54, 1.807) is 13.8 Å². The van der Waals surface area contributed by atoms with Crippen molar-refractivity contribution in [2.24, 2.45) is 5.16 Å². The Morgan fingerprint density at radius 2 is 2.26 bits per heavy atom. The quantitative estimate of drug-likeness (QED) is 0.499. The first kappa shape index (κ1) is 13.4. The lowest BCUT2D eigenvalue weighted by atomic mass is 10.1. The van der Waals surface area contributed by atoms with Crippen LogP contribution in [-0.2, 0) is 11.2 Å². The zero-order chi connectivity index (χ0) is 15.0. The molecule has 0 spiro atoms. The van der Waals surface area contributed by atoms with Crippen LogP contribution in [0.15, 0.2) is 35.5 Å². The van der Waals surface area contributed by atoms with Crippen LogP contribution in [0.5, 0.6) is 0 Å². The van der Waals surface area contributed by atoms with Gasteiger partial charge in [-0.25, -0.2) is 4.79 Å². The summed E-state index contributed by atoms with van der Waals surface area (Å²) in [6.07, 6.45) is 1.09. The Kier molecular flexibility index (Phi) is 4.78. The van der Waals surface area contributed by atoms with Gasteiger partial charge in [-0.05, 0) is 32.7 Å². The number of alkyl carbamates (subject to hydrolysis) is 1. The van der Waals surface area contributed by atoms with Crippen LogP contribution >= 0.6 is 0 Å². The predicted molar refractivity (Wildman–Crippen MR) is 73.6 cm³/mol. The van der Waals surface area contributed by atoms with Crippen molar-refractivity contribution in [3.63, 3.8) is 0 Å². The Morgan fingerprint density at radius 3 is 2.84 bits per heavy atom. The first-order chi connectivity index (χ1) is 9.46. The highest BCUT2D eigenvalue weighted by molar-refractivity contribution is 5.75. The van der Waals surface area contributed by atoms with Gasteiger partial charge in [-0.2, -0.15) is 0 Å². The van der Waals surface area contributed by atoms with Crippen molar-refractivity contribution < 1.29 is 16.1 Å². The lowest BCUT2D eigenvalue weighted by molar-refractivity contribution is 0.0518. The first-order valence-corrected chi connectivity index (χ1v) is 5.97. The summed E-state index contributed by atoms with van der Waals surface area (Å²) in [6, 6.07) is 9.04. The standard InChI is InChI=1S/C14H20N2O3/c1-14(2,3)19-13(17)16-12(10-15-18)9-11-7-5-4-6-8-11/h4-8,10,12,18H,9H2,1-3H3,(H,16,17)/b15-10+/i1D. The van der Waals surface area contributed by atoms with Gasteiger partial charge in [0.2, 0.25) is 0 Å². The van der Waals surface area contributed by atoms with Gasteiger partial charge in [0.15, 0.2) is 0 Å². The van der Waals surface area contributed by atoms with Gasteiger partial charge in [0.25, 0.3) is 0 Å². The fourth-order valence-electron chi connectivity index (χ4n) is 1.52. The lowest BCUT2D eigenvalue weighted by Crippen LogP contribution is -2.41. The zero-order valence-corrected chi connectivity index (χ0v) is 11.2. The second-order valence-electron chi connectivity index (χ2n) is 4.85. The molecule has 1 unspecified atom stereocenters. The summed E-state index contributed by atoms with van der Waals surface area (Å²) in [7, 11) is 0. The molecule has 1 amide bonds. The van der Waals surface area contributed by atoms with Crippen LogP contribution in [0.1, 0.15) is 27.7 Å². The summed E-state index contributed by atoms with van der Waals surface area (Å²) < 4.78 is 12.4. The Labute approximate surface area is 114 Å². The lowest BCUT2D eigenvalue weighted by Gasteiger charge is -2.22. The van der Waals surface area contributed by atoms with Crippen molar-refractivity contribution >= 4 is 12.3 Å². The maximum Gasteiger partial charge on any atom is 0.408 e. The van der Waals surface area contributed by atoms with Crippen LogP contribution in [0.4, 0.5) is 4.79 Å². The van der Waals surface area contributed by atoms with Crippen molar-refractivity contribution in [2.45, 2.75) is 38.8 Å². The van der Waals surface area contributed by atoms with E-state index >= 15 is 0 Å². The van der Waals surface area contributed by atoms with Crippen molar-refractivity contribution in [3.8, 4) is 0 Å². The second-order valence-corrected chi connectivity index (χ2v) is 4.85. The molecule has 0 heterocycles. The van der Waals surface area contributed by atoms with Crippen LogP contribution in [0.3, 0.4) is 0 Å². The highest BCUT2D eigenvalue weighted by Gasteiger charge is 2.18. The first-order valence-electron chi connectivity index (χ1n) is 6.68. The molecule has 0 aliphatic heterocycles. The van der Waals surface area contributed by atoms with Crippen LogP contribution in [0, 0.1) is 0 Å². The van der Waals surface area contributed by atoms with Crippen LogP contribution in [0.2, 0.25) is 0 Å². The molecular weight excluding hydrogens is 244 g/mol. The van der Waals surface area contributed by atoms with E-state index in [4.69, 9.17) is 11.3 Å². The van der Waals surface area contributed by atoms with E-state index in [1.165, 1.54) is 6.21 Å². The minimum absolute atomic E-state index is 0.0299. The molecule has 0 fully saturated rings. The minimum atomic E-state index is -0.849. The molecule has 0 bridgehead atoms. The molecule has 0 aliphatic carbocycles. The minimum Gasteiger partial charge on any atom is -0.444 e. The average molecular weight is 265 g/mol. The highest BCUT2D eigenvalue weighted by Crippen LogP contribution is 2.08. The number of benzene rings is 1. The SMILES string of the molecule is [2H]CC(C)(C)OC(=O)NC(/C=N/O)Cc1ccccc1. The largest absolute Gasteiger partial charge is 0.444 e. The molecule has 1 aromatic carbocycles. The van der Waals surface area contributed by atoms with Gasteiger partial charge in [-0.1, -0.05) is 35.5 Å². The molecule has 0 saturated heterocycles. The molecule has 1 aromatic rings. The monoisotopic (exact) mass is 265 g/mol. The summed E-state index contributed by atoms with van der Waals surface area (Å²) in [5, 5.41) is 14.2. The van der Waals surface area contributed by atoms with Crippen molar-refractivity contribution in [3.05, 3.63) is 35.9 Å². The Hall–Kier alpha value is -2.04. The molecule has 104 valence electrons. The van der Waals surface area contributed by atoms with E-state index < -0.39 is 17.7 Å². The number of nitrogens with zero attached hydrogens (tertiary/aromatic N) is 1. The van der Waals surface area contributed by atoms with Gasteiger partial charge in [-0.15, -0.1) is 0 Å². The molecule has 0 saturated carbocycles. The Bertz CT molecular complexity index is 449. The van der Waals surface area contributed by atoms with Gasteiger partial charge < -0.3 is 15.3 Å². The van der Waals surface area contributed by atoms with Crippen molar-refractivity contribution in [1.29, 1.82) is 0 Å². The van der Waals surface area contributed by atoms with Crippen LogP contribution in [-0.4, -0.2) is 29.2 Å². The van der Waals surface area contributed by atoms with Gasteiger partial charge >= 0.3 is 6.09 Å². The molecular formula is C14H20N2O3. The van der Waals surface area contributed by atoms with E-state index in [1.807, 2.05) is 30.3 Å². The number of carbonyl (C=O) groups is 1. The predicted octanol–water partition coefficient (Wildman–Crippen LogP) is 2.58. The number of hydrogen-bond acceptors (Lipinski definition) is 4. The molecule has 5 heteroatoms. The molecule has 1 rings (SSSR count). The van der Waals surface area contributed by atoms with Gasteiger partial charge in [-0.3, -0.25) is 0 Å². The third kappa shape index (κ3) is 6.45. The third-order valence-electron chi connectivity index (χ3n) is 2.22. The highest BCUT2D eigenvalue weighted by atomic mass is 16.6. The third-order valence-corrected chi connectivity index (χ3v) is 2.22. The average Bonchev–Trinajstić information content (AvgIpc) is 2.39. The van der Waals surface area contributed by atoms with Gasteiger partial charge in [0.05, 0.1) is 12.3 Å². The molecule has 1 atom stereocenters. The fraction of sp³-hybridized carbons (Fsp3) is 0.429. The van der Waals surface area contributed by atoms with E-state index in [-0.39, 0.29) is 6.90 Å². The summed E-state index contributed by atoms with van der Waals surface area (Å²) in [5.74, 6) is 0. The molecule has 2 N–H and O–H groups in total. The van der Waals surface area contributed by atoms with E-state index in [2.05, 4.69) is 10.5 Å². The topological polar surface area (TPSA) is 70.9 Å². The van der Waals surface area contributed by atoms with E-state index in [0.29, 0.717) is 6.42 Å². The summed E-state index contributed by atoms with van der Waals surface area (Å²) in [4.78, 5) is 11.7. The summed E-state index contributed by atoms with van der Waals surface area (Å²) in [5.41, 5.74) is 0.148. The fourth-order valence-corrected chi connectivity index (χ4v) is 1.52. The van der Waals surface area contributed by atoms with E-state index in [9.17, 15) is 4.79 Å². The molecule has 0 aromatic heterocycles. The smallest absolute Gasteiger partial charge is 0.408 e. The van der Waals surface area contributed by atoms with Crippen LogP contribution < -0.4 is 5.32 Å². The van der Waals surface area contributed by atoms with Crippen molar-refractivity contribution in [1.82, 2.24) is 5.32 Å². The summed E-state index contributed by atoms with van der Waals surface area (Å²) >= 11 is 0. The zero-order valence-electron chi connectivity index (χ0n) is 12.2. The number of ether oxygens (including phenoxy) is 1. The van der Waals surface area contributed by atoms with Crippen molar-refractivity contribution in [2.75, 3.05) is 0 Å². The number of carbonyl (C=O) groups excluding carboxylic acids is 1. The number of oxime groups is 1. The maximum atomic E-state index is 11.7. The second kappa shape index (κ2) is 6.78. The molecule has 19 heavy (non-hydrogen) atoms. The normalized spacial score (nSPS) is 13.9. The van der Waals surface area contributed by atoms with Gasteiger partial charge in [0, 0.05) is 1.37 Å². The van der Waals surface area contributed by atoms with Gasteiger partial charge in [0.1, 0.15) is 5.60 Å². The summed E-state index contributed by atoms with van der Waals surface area (Å²) in [6.45, 7) is 3.29. The number of amides is 1. The Balaban J connectivity index is 2.61. The number of rotatable bonds is 4. The number of hydrogen-bond donors (Lipinski definition) is 2. The Morgan fingerprint density at radius 1 is 1.58 bits per heavy atom. The number of nitrogens with one attached hydrogen (secondary N) is 1.